The van der Waals surface area contributed by atoms with Gasteiger partial charge in [-0.05, 0) is 19.1 Å². The van der Waals surface area contributed by atoms with Crippen LogP contribution in [0.2, 0.25) is 0 Å². The van der Waals surface area contributed by atoms with Crippen molar-refractivity contribution in [3.05, 3.63) is 24.2 Å². The molecule has 0 aliphatic carbocycles. The van der Waals surface area contributed by atoms with E-state index in [1.54, 1.807) is 13.0 Å². The first-order chi connectivity index (χ1) is 8.54. The fraction of sp³-hybridized carbons (Fsp3) is 0.417. The number of furan rings is 1. The first-order valence-corrected chi connectivity index (χ1v) is 5.55. The molecule has 1 amide bonds. The van der Waals surface area contributed by atoms with Crippen molar-refractivity contribution in [2.75, 3.05) is 6.61 Å². The number of carbonyl (C=O) groups is 3. The predicted molar refractivity (Wildman–Crippen MR) is 61.9 cm³/mol. The van der Waals surface area contributed by atoms with Crippen molar-refractivity contribution in [3.8, 4) is 0 Å². The molecule has 0 fully saturated rings. The molecule has 18 heavy (non-hydrogen) atoms. The minimum atomic E-state index is -0.965. The van der Waals surface area contributed by atoms with Gasteiger partial charge < -0.3 is 14.5 Å². The second-order valence-electron chi connectivity index (χ2n) is 3.60. The highest BCUT2D eigenvalue weighted by Crippen LogP contribution is 2.08. The lowest BCUT2D eigenvalue weighted by Crippen LogP contribution is -2.41. The minimum absolute atomic E-state index is 0.0954. The molecule has 1 N–H and O–H groups in total. The van der Waals surface area contributed by atoms with Gasteiger partial charge in [0.15, 0.2) is 5.76 Å². The molecule has 1 atom stereocenters. The van der Waals surface area contributed by atoms with Gasteiger partial charge in [-0.3, -0.25) is 14.4 Å². The van der Waals surface area contributed by atoms with Crippen LogP contribution in [-0.4, -0.2) is 30.3 Å². The summed E-state index contributed by atoms with van der Waals surface area (Å²) in [4.78, 5) is 34.3. The molecule has 98 valence electrons. The maximum Gasteiger partial charge on any atom is 0.308 e. The van der Waals surface area contributed by atoms with Gasteiger partial charge in [-0.15, -0.1) is 0 Å². The standard InChI is InChI=1S/C12H15NO5/c1-3-17-11(15)7-9(13-8(2)14)12(16)10-5-4-6-18-10/h4-6,9H,3,7H2,1-2H3,(H,13,14). The van der Waals surface area contributed by atoms with Gasteiger partial charge in [0.2, 0.25) is 11.7 Å². The molecule has 0 aliphatic rings. The van der Waals surface area contributed by atoms with Crippen molar-refractivity contribution < 1.29 is 23.5 Å². The second kappa shape index (κ2) is 6.58. The molecular formula is C12H15NO5. The van der Waals surface area contributed by atoms with Crippen molar-refractivity contribution in [3.63, 3.8) is 0 Å². The molecule has 1 unspecified atom stereocenters. The molecule has 0 radical (unpaired) electrons. The summed E-state index contributed by atoms with van der Waals surface area (Å²) in [6.45, 7) is 3.16. The average Bonchev–Trinajstić information content (AvgIpc) is 2.80. The van der Waals surface area contributed by atoms with Crippen LogP contribution in [0.25, 0.3) is 0 Å². The van der Waals surface area contributed by atoms with Crippen LogP contribution in [0.4, 0.5) is 0 Å². The van der Waals surface area contributed by atoms with Crippen LogP contribution in [0.1, 0.15) is 30.8 Å². The normalized spacial score (nSPS) is 11.7. The lowest BCUT2D eigenvalue weighted by molar-refractivity contribution is -0.143. The van der Waals surface area contributed by atoms with E-state index in [1.165, 1.54) is 19.3 Å². The van der Waals surface area contributed by atoms with E-state index < -0.39 is 23.7 Å². The van der Waals surface area contributed by atoms with Crippen molar-refractivity contribution in [1.29, 1.82) is 0 Å². The summed E-state index contributed by atoms with van der Waals surface area (Å²) in [5.41, 5.74) is 0. The molecule has 0 saturated heterocycles. The Balaban J connectivity index is 2.74. The molecule has 0 spiro atoms. The number of esters is 1. The Labute approximate surface area is 104 Å². The van der Waals surface area contributed by atoms with Crippen LogP contribution < -0.4 is 5.32 Å². The topological polar surface area (TPSA) is 85.6 Å². The van der Waals surface area contributed by atoms with E-state index >= 15 is 0 Å². The van der Waals surface area contributed by atoms with Crippen LogP contribution in [0.3, 0.4) is 0 Å². The van der Waals surface area contributed by atoms with Gasteiger partial charge in [0, 0.05) is 6.92 Å². The van der Waals surface area contributed by atoms with Gasteiger partial charge in [0.1, 0.15) is 6.04 Å². The fourth-order valence-electron chi connectivity index (χ4n) is 1.43. The zero-order valence-electron chi connectivity index (χ0n) is 10.3. The summed E-state index contributed by atoms with van der Waals surface area (Å²) >= 11 is 0. The minimum Gasteiger partial charge on any atom is -0.466 e. The monoisotopic (exact) mass is 253 g/mol. The van der Waals surface area contributed by atoms with Crippen molar-refractivity contribution in [2.45, 2.75) is 26.3 Å². The second-order valence-corrected chi connectivity index (χ2v) is 3.60. The van der Waals surface area contributed by atoms with Crippen molar-refractivity contribution in [1.82, 2.24) is 5.32 Å². The molecule has 0 aromatic carbocycles. The Bertz CT molecular complexity index is 424. The third-order valence-corrected chi connectivity index (χ3v) is 2.13. The lowest BCUT2D eigenvalue weighted by atomic mass is 10.1. The Kier molecular flexibility index (Phi) is 5.10. The van der Waals surface area contributed by atoms with E-state index in [9.17, 15) is 14.4 Å². The average molecular weight is 253 g/mol. The van der Waals surface area contributed by atoms with E-state index in [2.05, 4.69) is 5.32 Å². The van der Waals surface area contributed by atoms with Crippen molar-refractivity contribution >= 4 is 17.7 Å². The van der Waals surface area contributed by atoms with Crippen LogP contribution >= 0.6 is 0 Å². The zero-order chi connectivity index (χ0) is 13.5. The molecule has 6 heteroatoms. The number of ether oxygens (including phenoxy) is 1. The molecule has 1 heterocycles. The maximum absolute atomic E-state index is 12.0. The number of hydrogen-bond donors (Lipinski definition) is 1. The highest BCUT2D eigenvalue weighted by atomic mass is 16.5. The summed E-state index contributed by atoms with van der Waals surface area (Å²) in [6, 6.07) is 2.07. The first-order valence-electron chi connectivity index (χ1n) is 5.55. The Morgan fingerprint density at radius 2 is 2.17 bits per heavy atom. The van der Waals surface area contributed by atoms with Gasteiger partial charge in [-0.2, -0.15) is 0 Å². The van der Waals surface area contributed by atoms with Gasteiger partial charge >= 0.3 is 5.97 Å². The molecule has 1 aromatic rings. The Morgan fingerprint density at radius 1 is 1.44 bits per heavy atom. The molecule has 6 nitrogen and oxygen atoms in total. The van der Waals surface area contributed by atoms with Gasteiger partial charge in [-0.1, -0.05) is 0 Å². The fourth-order valence-corrected chi connectivity index (χ4v) is 1.43. The predicted octanol–water partition coefficient (Wildman–Crippen LogP) is 0.920. The van der Waals surface area contributed by atoms with Crippen LogP contribution in [0.5, 0.6) is 0 Å². The number of rotatable bonds is 6. The highest BCUT2D eigenvalue weighted by molar-refractivity contribution is 6.01. The lowest BCUT2D eigenvalue weighted by Gasteiger charge is -2.14. The zero-order valence-corrected chi connectivity index (χ0v) is 10.3. The molecule has 0 bridgehead atoms. The number of carbonyl (C=O) groups excluding carboxylic acids is 3. The summed E-state index contributed by atoms with van der Waals surface area (Å²) in [5.74, 6) is -1.30. The van der Waals surface area contributed by atoms with Crippen LogP contribution in [-0.2, 0) is 14.3 Å². The molecule has 1 aromatic heterocycles. The summed E-state index contributed by atoms with van der Waals surface area (Å²) < 4.78 is 9.69. The molecule has 0 aliphatic heterocycles. The van der Waals surface area contributed by atoms with E-state index in [0.717, 1.165) is 0 Å². The van der Waals surface area contributed by atoms with E-state index in [1.807, 2.05) is 0 Å². The third-order valence-electron chi connectivity index (χ3n) is 2.13. The van der Waals surface area contributed by atoms with Gasteiger partial charge in [0.25, 0.3) is 0 Å². The molecule has 1 rings (SSSR count). The number of nitrogens with one attached hydrogen (secondary N) is 1. The molecule has 0 saturated carbocycles. The third kappa shape index (κ3) is 4.04. The quantitative estimate of drug-likeness (QED) is 0.602. The van der Waals surface area contributed by atoms with Crippen molar-refractivity contribution in [2.24, 2.45) is 0 Å². The van der Waals surface area contributed by atoms with E-state index in [-0.39, 0.29) is 18.8 Å². The summed E-state index contributed by atoms with van der Waals surface area (Å²) in [6.07, 6.45) is 1.13. The largest absolute Gasteiger partial charge is 0.466 e. The summed E-state index contributed by atoms with van der Waals surface area (Å²) in [5, 5.41) is 2.41. The SMILES string of the molecule is CCOC(=O)CC(NC(C)=O)C(=O)c1ccco1. The number of ketones is 1. The number of Topliss-reactive ketones (excluding diaryl/α,β-unsaturated/α-hetero) is 1. The highest BCUT2D eigenvalue weighted by Gasteiger charge is 2.26. The van der Waals surface area contributed by atoms with Crippen LogP contribution in [0.15, 0.2) is 22.8 Å². The van der Waals surface area contributed by atoms with Crippen LogP contribution in [0, 0.1) is 0 Å². The number of hydrogen-bond acceptors (Lipinski definition) is 5. The summed E-state index contributed by atoms with van der Waals surface area (Å²) in [7, 11) is 0. The van der Waals surface area contributed by atoms with E-state index in [4.69, 9.17) is 9.15 Å². The molecular weight excluding hydrogens is 238 g/mol. The Hall–Kier alpha value is -2.11. The number of amides is 1. The van der Waals surface area contributed by atoms with E-state index in [0.29, 0.717) is 0 Å². The van der Waals surface area contributed by atoms with Gasteiger partial charge in [-0.25, -0.2) is 0 Å². The Morgan fingerprint density at radius 3 is 2.67 bits per heavy atom. The maximum atomic E-state index is 12.0. The van der Waals surface area contributed by atoms with Gasteiger partial charge in [0.05, 0.1) is 19.3 Å². The first kappa shape index (κ1) is 14.0. The smallest absolute Gasteiger partial charge is 0.308 e.